The summed E-state index contributed by atoms with van der Waals surface area (Å²) in [6.45, 7) is 0.440. The van der Waals surface area contributed by atoms with Crippen molar-refractivity contribution in [2.24, 2.45) is 0 Å². The predicted molar refractivity (Wildman–Crippen MR) is 111 cm³/mol. The first-order valence-electron chi connectivity index (χ1n) is 9.41. The number of para-hydroxylation sites is 3. The summed E-state index contributed by atoms with van der Waals surface area (Å²) in [5, 5.41) is 5.67. The Kier molecular flexibility index (Phi) is 5.52. The van der Waals surface area contributed by atoms with Gasteiger partial charge in [0.25, 0.3) is 0 Å². The smallest absolute Gasteiger partial charge is 0.319 e. The van der Waals surface area contributed by atoms with Crippen LogP contribution in [-0.2, 0) is 6.42 Å². The third-order valence-electron chi connectivity index (χ3n) is 4.61. The Morgan fingerprint density at radius 3 is 2.48 bits per heavy atom. The van der Waals surface area contributed by atoms with Crippen LogP contribution in [0.15, 0.2) is 72.8 Å². The van der Waals surface area contributed by atoms with Gasteiger partial charge >= 0.3 is 6.03 Å². The quantitative estimate of drug-likeness (QED) is 0.645. The first kappa shape index (κ1) is 18.7. The largest absolute Gasteiger partial charge is 0.493 e. The number of benzene rings is 3. The Labute approximate surface area is 169 Å². The summed E-state index contributed by atoms with van der Waals surface area (Å²) in [7, 11) is 1.60. The third-order valence-corrected chi connectivity index (χ3v) is 4.61. The SMILES string of the molecule is COc1ccccc1Oc1ccc(NC(=O)NC[C@@H]2Cc3ccccc3O2)cc1. The van der Waals surface area contributed by atoms with Gasteiger partial charge in [-0.3, -0.25) is 0 Å². The van der Waals surface area contributed by atoms with E-state index in [-0.39, 0.29) is 12.1 Å². The Balaban J connectivity index is 1.27. The number of carbonyl (C=O) groups is 1. The van der Waals surface area contributed by atoms with E-state index in [0.717, 1.165) is 12.2 Å². The van der Waals surface area contributed by atoms with Crippen molar-refractivity contribution >= 4 is 11.7 Å². The van der Waals surface area contributed by atoms with Crippen molar-refractivity contribution in [2.75, 3.05) is 19.0 Å². The number of carbonyl (C=O) groups excluding carboxylic acids is 1. The lowest BCUT2D eigenvalue weighted by atomic mass is 10.1. The minimum atomic E-state index is -0.275. The molecule has 4 rings (SSSR count). The van der Waals surface area contributed by atoms with Crippen LogP contribution in [0.1, 0.15) is 5.56 Å². The number of ether oxygens (including phenoxy) is 3. The number of fused-ring (bicyclic) bond motifs is 1. The van der Waals surface area contributed by atoms with Crippen molar-refractivity contribution in [3.8, 4) is 23.0 Å². The fourth-order valence-electron chi connectivity index (χ4n) is 3.19. The van der Waals surface area contributed by atoms with Crippen molar-refractivity contribution in [1.29, 1.82) is 0 Å². The molecule has 1 heterocycles. The fourth-order valence-corrected chi connectivity index (χ4v) is 3.19. The molecule has 1 atom stereocenters. The standard InChI is InChI=1S/C23H22N2O4/c1-27-21-8-4-5-9-22(21)28-18-12-10-17(11-13-18)25-23(26)24-15-19-14-16-6-2-3-7-20(16)29-19/h2-13,19H,14-15H2,1H3,(H2,24,25,26)/t19-/m0/s1. The van der Waals surface area contributed by atoms with Gasteiger partial charge in [-0.2, -0.15) is 0 Å². The zero-order valence-electron chi connectivity index (χ0n) is 16.1. The first-order chi connectivity index (χ1) is 14.2. The zero-order chi connectivity index (χ0) is 20.1. The summed E-state index contributed by atoms with van der Waals surface area (Å²) in [4.78, 5) is 12.2. The Bertz CT molecular complexity index is 963. The number of rotatable bonds is 6. The summed E-state index contributed by atoms with van der Waals surface area (Å²) in [5.74, 6) is 2.83. The van der Waals surface area contributed by atoms with Crippen LogP contribution in [0.5, 0.6) is 23.0 Å². The topological polar surface area (TPSA) is 68.8 Å². The third kappa shape index (κ3) is 4.60. The van der Waals surface area contributed by atoms with E-state index in [1.165, 1.54) is 5.56 Å². The van der Waals surface area contributed by atoms with Gasteiger partial charge in [0.15, 0.2) is 11.5 Å². The minimum Gasteiger partial charge on any atom is -0.493 e. The lowest BCUT2D eigenvalue weighted by Gasteiger charge is -2.13. The van der Waals surface area contributed by atoms with E-state index in [4.69, 9.17) is 14.2 Å². The highest BCUT2D eigenvalue weighted by molar-refractivity contribution is 5.89. The molecular weight excluding hydrogens is 368 g/mol. The van der Waals surface area contributed by atoms with E-state index in [0.29, 0.717) is 29.5 Å². The van der Waals surface area contributed by atoms with Crippen molar-refractivity contribution in [3.05, 3.63) is 78.4 Å². The fraction of sp³-hybridized carbons (Fsp3) is 0.174. The summed E-state index contributed by atoms with van der Waals surface area (Å²) in [5.41, 5.74) is 1.84. The summed E-state index contributed by atoms with van der Waals surface area (Å²) >= 11 is 0. The number of urea groups is 1. The zero-order valence-corrected chi connectivity index (χ0v) is 16.1. The molecule has 2 N–H and O–H groups in total. The van der Waals surface area contributed by atoms with Gasteiger partial charge in [0.1, 0.15) is 17.6 Å². The maximum absolute atomic E-state index is 12.2. The molecule has 0 saturated heterocycles. The van der Waals surface area contributed by atoms with Gasteiger partial charge in [-0.05, 0) is 48.0 Å². The van der Waals surface area contributed by atoms with E-state index in [1.54, 1.807) is 31.4 Å². The maximum Gasteiger partial charge on any atom is 0.319 e. The van der Waals surface area contributed by atoms with E-state index in [9.17, 15) is 4.79 Å². The molecule has 1 aliphatic rings. The van der Waals surface area contributed by atoms with Crippen LogP contribution in [0, 0.1) is 0 Å². The van der Waals surface area contributed by atoms with Crippen LogP contribution >= 0.6 is 0 Å². The number of hydrogen-bond donors (Lipinski definition) is 2. The van der Waals surface area contributed by atoms with Crippen molar-refractivity contribution < 1.29 is 19.0 Å². The van der Waals surface area contributed by atoms with Crippen molar-refractivity contribution in [1.82, 2.24) is 5.32 Å². The molecule has 0 fully saturated rings. The average molecular weight is 390 g/mol. The van der Waals surface area contributed by atoms with Gasteiger partial charge < -0.3 is 24.8 Å². The molecule has 3 aromatic rings. The Hall–Kier alpha value is -3.67. The van der Waals surface area contributed by atoms with Crippen LogP contribution in [0.4, 0.5) is 10.5 Å². The van der Waals surface area contributed by atoms with Crippen LogP contribution < -0.4 is 24.8 Å². The van der Waals surface area contributed by atoms with Crippen LogP contribution in [0.2, 0.25) is 0 Å². The molecule has 0 radical (unpaired) electrons. The highest BCUT2D eigenvalue weighted by Crippen LogP contribution is 2.31. The second-order valence-electron chi connectivity index (χ2n) is 6.66. The lowest BCUT2D eigenvalue weighted by molar-refractivity contribution is 0.219. The lowest BCUT2D eigenvalue weighted by Crippen LogP contribution is -2.37. The molecule has 3 aromatic carbocycles. The monoisotopic (exact) mass is 390 g/mol. The normalized spacial score (nSPS) is 14.4. The number of hydrogen-bond acceptors (Lipinski definition) is 4. The van der Waals surface area contributed by atoms with Gasteiger partial charge in [0, 0.05) is 12.1 Å². The second-order valence-corrected chi connectivity index (χ2v) is 6.66. The molecule has 0 spiro atoms. The Morgan fingerprint density at radius 1 is 1.00 bits per heavy atom. The molecule has 1 aliphatic heterocycles. The number of amides is 2. The molecule has 148 valence electrons. The molecule has 0 aliphatic carbocycles. The molecular formula is C23H22N2O4. The van der Waals surface area contributed by atoms with Crippen LogP contribution in [0.3, 0.4) is 0 Å². The highest BCUT2D eigenvalue weighted by atomic mass is 16.5. The molecule has 0 bridgehead atoms. The molecule has 6 nitrogen and oxygen atoms in total. The van der Waals surface area contributed by atoms with Crippen LogP contribution in [0.25, 0.3) is 0 Å². The van der Waals surface area contributed by atoms with Gasteiger partial charge in [-0.15, -0.1) is 0 Å². The Morgan fingerprint density at radius 2 is 1.72 bits per heavy atom. The number of nitrogens with one attached hydrogen (secondary N) is 2. The summed E-state index contributed by atoms with van der Waals surface area (Å²) in [6.07, 6.45) is 0.751. The minimum absolute atomic E-state index is 0.0465. The predicted octanol–water partition coefficient (Wildman–Crippen LogP) is 4.61. The molecule has 0 unspecified atom stereocenters. The molecule has 29 heavy (non-hydrogen) atoms. The number of methoxy groups -OCH3 is 1. The highest BCUT2D eigenvalue weighted by Gasteiger charge is 2.22. The maximum atomic E-state index is 12.2. The van der Waals surface area contributed by atoms with Gasteiger partial charge in [0.05, 0.1) is 13.7 Å². The van der Waals surface area contributed by atoms with Crippen LogP contribution in [-0.4, -0.2) is 25.8 Å². The molecule has 2 amide bonds. The summed E-state index contributed by atoms with van der Waals surface area (Å²) < 4.78 is 16.9. The average Bonchev–Trinajstić information content (AvgIpc) is 3.17. The second kappa shape index (κ2) is 8.56. The van der Waals surface area contributed by atoms with E-state index in [2.05, 4.69) is 10.6 Å². The van der Waals surface area contributed by atoms with E-state index >= 15 is 0 Å². The number of anilines is 1. The molecule has 0 aromatic heterocycles. The first-order valence-corrected chi connectivity index (χ1v) is 9.41. The molecule has 0 saturated carbocycles. The van der Waals surface area contributed by atoms with Crippen molar-refractivity contribution in [2.45, 2.75) is 12.5 Å². The van der Waals surface area contributed by atoms with E-state index < -0.39 is 0 Å². The van der Waals surface area contributed by atoms with Gasteiger partial charge in [-0.1, -0.05) is 30.3 Å². The van der Waals surface area contributed by atoms with Gasteiger partial charge in [-0.25, -0.2) is 4.79 Å². The van der Waals surface area contributed by atoms with E-state index in [1.807, 2.05) is 48.5 Å². The summed E-state index contributed by atoms with van der Waals surface area (Å²) in [6, 6.07) is 22.2. The molecule has 6 heteroatoms. The van der Waals surface area contributed by atoms with Crippen molar-refractivity contribution in [3.63, 3.8) is 0 Å². The van der Waals surface area contributed by atoms with Gasteiger partial charge in [0.2, 0.25) is 0 Å².